The van der Waals surface area contributed by atoms with Crippen molar-refractivity contribution in [3.8, 4) is 5.75 Å². The number of hydrogen-bond donors (Lipinski definition) is 2. The average Bonchev–Trinajstić information content (AvgIpc) is 2.37. The molecule has 1 aromatic carbocycles. The minimum atomic E-state index is 0.422. The Hall–Kier alpha value is -1.29. The van der Waals surface area contributed by atoms with Gasteiger partial charge in [0.1, 0.15) is 5.75 Å². The normalized spacial score (nSPS) is 11.7. The van der Waals surface area contributed by atoms with Crippen LogP contribution in [0.1, 0.15) is 32.3 Å². The standard InChI is InChI=1S/C14H22N2OS/c1-4-5-11(2)16-14(18)15-10-12-6-8-13(17-3)9-7-12/h6-9,11H,4-5,10H2,1-3H3,(H2,15,16,18)/t11-/m0/s1. The lowest BCUT2D eigenvalue weighted by atomic mass is 10.2. The van der Waals surface area contributed by atoms with Crippen molar-refractivity contribution in [1.29, 1.82) is 0 Å². The number of rotatable bonds is 6. The molecule has 4 heteroatoms. The van der Waals surface area contributed by atoms with Crippen molar-refractivity contribution in [3.05, 3.63) is 29.8 Å². The Kier molecular flexibility index (Phi) is 6.50. The Bertz CT molecular complexity index is 365. The molecule has 0 spiro atoms. The molecule has 3 nitrogen and oxygen atoms in total. The zero-order valence-corrected chi connectivity index (χ0v) is 12.1. The number of ether oxygens (including phenoxy) is 1. The van der Waals surface area contributed by atoms with E-state index in [4.69, 9.17) is 17.0 Å². The zero-order chi connectivity index (χ0) is 13.4. The second-order valence-electron chi connectivity index (χ2n) is 4.36. The van der Waals surface area contributed by atoms with E-state index < -0.39 is 0 Å². The fraction of sp³-hybridized carbons (Fsp3) is 0.500. The first-order chi connectivity index (χ1) is 8.65. The van der Waals surface area contributed by atoms with Crippen molar-refractivity contribution in [2.45, 2.75) is 39.3 Å². The fourth-order valence-electron chi connectivity index (χ4n) is 1.71. The van der Waals surface area contributed by atoms with E-state index >= 15 is 0 Å². The molecular weight excluding hydrogens is 244 g/mol. The van der Waals surface area contributed by atoms with Crippen LogP contribution >= 0.6 is 12.2 Å². The van der Waals surface area contributed by atoms with Crippen LogP contribution in [0.4, 0.5) is 0 Å². The lowest BCUT2D eigenvalue weighted by molar-refractivity contribution is 0.414. The van der Waals surface area contributed by atoms with E-state index in [1.54, 1.807) is 7.11 Å². The van der Waals surface area contributed by atoms with Gasteiger partial charge in [-0.3, -0.25) is 0 Å². The molecule has 0 aliphatic rings. The Labute approximate surface area is 115 Å². The number of hydrogen-bond acceptors (Lipinski definition) is 2. The van der Waals surface area contributed by atoms with Gasteiger partial charge in [-0.2, -0.15) is 0 Å². The van der Waals surface area contributed by atoms with Gasteiger partial charge < -0.3 is 15.4 Å². The molecule has 0 aromatic heterocycles. The monoisotopic (exact) mass is 266 g/mol. The highest BCUT2D eigenvalue weighted by molar-refractivity contribution is 7.80. The topological polar surface area (TPSA) is 33.3 Å². The average molecular weight is 266 g/mol. The molecule has 1 atom stereocenters. The smallest absolute Gasteiger partial charge is 0.166 e. The Balaban J connectivity index is 2.33. The molecule has 0 aliphatic heterocycles. The predicted molar refractivity (Wildman–Crippen MR) is 79.9 cm³/mol. The van der Waals surface area contributed by atoms with E-state index in [1.165, 1.54) is 5.56 Å². The van der Waals surface area contributed by atoms with Crippen LogP contribution in [0.3, 0.4) is 0 Å². The summed E-state index contributed by atoms with van der Waals surface area (Å²) in [6.07, 6.45) is 2.29. The van der Waals surface area contributed by atoms with Crippen LogP contribution in [-0.4, -0.2) is 18.3 Å². The van der Waals surface area contributed by atoms with E-state index in [2.05, 4.69) is 24.5 Å². The van der Waals surface area contributed by atoms with Crippen molar-refractivity contribution in [1.82, 2.24) is 10.6 Å². The molecule has 100 valence electrons. The number of methoxy groups -OCH3 is 1. The summed E-state index contributed by atoms with van der Waals surface area (Å²) in [4.78, 5) is 0. The molecule has 0 fully saturated rings. The number of benzene rings is 1. The van der Waals surface area contributed by atoms with Gasteiger partial charge in [-0.1, -0.05) is 25.5 Å². The largest absolute Gasteiger partial charge is 0.497 e. The van der Waals surface area contributed by atoms with Crippen LogP contribution in [0.15, 0.2) is 24.3 Å². The highest BCUT2D eigenvalue weighted by atomic mass is 32.1. The van der Waals surface area contributed by atoms with E-state index in [0.717, 1.165) is 25.1 Å². The maximum atomic E-state index is 5.25. The van der Waals surface area contributed by atoms with E-state index in [0.29, 0.717) is 11.2 Å². The SMILES string of the molecule is CCC[C@H](C)NC(=S)NCc1ccc(OC)cc1. The highest BCUT2D eigenvalue weighted by Gasteiger charge is 2.02. The highest BCUT2D eigenvalue weighted by Crippen LogP contribution is 2.10. The number of thiocarbonyl (C=S) groups is 1. The van der Waals surface area contributed by atoms with Crippen molar-refractivity contribution in [2.24, 2.45) is 0 Å². The van der Waals surface area contributed by atoms with Crippen LogP contribution in [0.2, 0.25) is 0 Å². The Morgan fingerprint density at radius 3 is 2.56 bits per heavy atom. The van der Waals surface area contributed by atoms with Crippen LogP contribution in [-0.2, 0) is 6.54 Å². The van der Waals surface area contributed by atoms with Gasteiger partial charge in [0.05, 0.1) is 7.11 Å². The minimum Gasteiger partial charge on any atom is -0.497 e. The lowest BCUT2D eigenvalue weighted by Gasteiger charge is -2.16. The molecule has 0 saturated heterocycles. The summed E-state index contributed by atoms with van der Waals surface area (Å²) < 4.78 is 5.12. The van der Waals surface area contributed by atoms with Crippen LogP contribution < -0.4 is 15.4 Å². The first-order valence-corrected chi connectivity index (χ1v) is 6.73. The summed E-state index contributed by atoms with van der Waals surface area (Å²) in [5, 5.41) is 7.19. The Morgan fingerprint density at radius 2 is 2.00 bits per heavy atom. The molecular formula is C14H22N2OS. The molecule has 0 saturated carbocycles. The maximum Gasteiger partial charge on any atom is 0.166 e. The van der Waals surface area contributed by atoms with Crippen molar-refractivity contribution >= 4 is 17.3 Å². The third kappa shape index (κ3) is 5.36. The second-order valence-corrected chi connectivity index (χ2v) is 4.77. The molecule has 0 unspecified atom stereocenters. The molecule has 0 amide bonds. The van der Waals surface area contributed by atoms with Crippen molar-refractivity contribution < 1.29 is 4.74 Å². The zero-order valence-electron chi connectivity index (χ0n) is 11.3. The molecule has 2 N–H and O–H groups in total. The first kappa shape index (κ1) is 14.8. The van der Waals surface area contributed by atoms with E-state index in [1.807, 2.05) is 24.3 Å². The van der Waals surface area contributed by atoms with Crippen molar-refractivity contribution in [3.63, 3.8) is 0 Å². The maximum absolute atomic E-state index is 5.25. The predicted octanol–water partition coefficient (Wildman–Crippen LogP) is 2.85. The molecule has 1 aromatic rings. The molecule has 0 aliphatic carbocycles. The summed E-state index contributed by atoms with van der Waals surface area (Å²) in [7, 11) is 1.67. The van der Waals surface area contributed by atoms with Crippen LogP contribution in [0, 0.1) is 0 Å². The van der Waals surface area contributed by atoms with Gasteiger partial charge in [0.2, 0.25) is 0 Å². The quantitative estimate of drug-likeness (QED) is 0.776. The van der Waals surface area contributed by atoms with Gasteiger partial charge in [-0.25, -0.2) is 0 Å². The van der Waals surface area contributed by atoms with Gasteiger partial charge in [-0.05, 0) is 43.3 Å². The molecule has 18 heavy (non-hydrogen) atoms. The van der Waals surface area contributed by atoms with Crippen LogP contribution in [0.25, 0.3) is 0 Å². The summed E-state index contributed by atoms with van der Waals surface area (Å²) in [5.74, 6) is 0.871. The van der Waals surface area contributed by atoms with Gasteiger partial charge in [-0.15, -0.1) is 0 Å². The van der Waals surface area contributed by atoms with Gasteiger partial charge in [0.25, 0.3) is 0 Å². The third-order valence-corrected chi connectivity index (χ3v) is 2.97. The molecule has 0 heterocycles. The summed E-state index contributed by atoms with van der Waals surface area (Å²) in [6.45, 7) is 5.05. The summed E-state index contributed by atoms with van der Waals surface area (Å²) >= 11 is 5.25. The summed E-state index contributed by atoms with van der Waals surface area (Å²) in [5.41, 5.74) is 1.18. The van der Waals surface area contributed by atoms with Gasteiger partial charge >= 0.3 is 0 Å². The summed E-state index contributed by atoms with van der Waals surface area (Å²) in [6, 6.07) is 8.39. The number of nitrogens with one attached hydrogen (secondary N) is 2. The molecule has 1 rings (SSSR count). The van der Waals surface area contributed by atoms with E-state index in [-0.39, 0.29) is 0 Å². The first-order valence-electron chi connectivity index (χ1n) is 6.33. The van der Waals surface area contributed by atoms with Gasteiger partial charge in [0.15, 0.2) is 5.11 Å². The lowest BCUT2D eigenvalue weighted by Crippen LogP contribution is -2.40. The fourth-order valence-corrected chi connectivity index (χ4v) is 1.98. The Morgan fingerprint density at radius 1 is 1.33 bits per heavy atom. The third-order valence-electron chi connectivity index (χ3n) is 2.71. The second kappa shape index (κ2) is 7.93. The van der Waals surface area contributed by atoms with Crippen LogP contribution in [0.5, 0.6) is 5.75 Å². The minimum absolute atomic E-state index is 0.422. The van der Waals surface area contributed by atoms with E-state index in [9.17, 15) is 0 Å². The molecule has 0 radical (unpaired) electrons. The molecule has 0 bridgehead atoms. The van der Waals surface area contributed by atoms with Gasteiger partial charge in [0, 0.05) is 12.6 Å². The van der Waals surface area contributed by atoms with Crippen molar-refractivity contribution in [2.75, 3.05) is 7.11 Å².